The predicted octanol–water partition coefficient (Wildman–Crippen LogP) is 2.11. The number of hydrogen-bond donors (Lipinski definition) is 1. The fourth-order valence-corrected chi connectivity index (χ4v) is 3.34. The summed E-state index contributed by atoms with van der Waals surface area (Å²) in [5.74, 6) is 0.684. The molecule has 1 saturated carbocycles. The van der Waals surface area contributed by atoms with Gasteiger partial charge in [0.05, 0.1) is 0 Å². The first kappa shape index (κ1) is 13.3. The Morgan fingerprint density at radius 2 is 1.80 bits per heavy atom. The first-order chi connectivity index (χ1) is 9.74. The SMILES string of the molecule is Nc1cccc(N2CCN(C(=O)C3CCCC3)CC2)c1. The molecule has 1 amide bonds. The van der Waals surface area contributed by atoms with Crippen LogP contribution in [0.2, 0.25) is 0 Å². The minimum atomic E-state index is 0.300. The molecule has 1 aromatic rings. The van der Waals surface area contributed by atoms with Crippen molar-refractivity contribution in [2.24, 2.45) is 5.92 Å². The van der Waals surface area contributed by atoms with E-state index in [1.807, 2.05) is 18.2 Å². The molecule has 2 fully saturated rings. The summed E-state index contributed by atoms with van der Waals surface area (Å²) in [6.45, 7) is 3.48. The first-order valence-electron chi connectivity index (χ1n) is 7.63. The van der Waals surface area contributed by atoms with Crippen LogP contribution < -0.4 is 10.6 Å². The molecule has 1 heterocycles. The second kappa shape index (κ2) is 5.73. The fraction of sp³-hybridized carbons (Fsp3) is 0.562. The van der Waals surface area contributed by atoms with Gasteiger partial charge in [-0.05, 0) is 31.0 Å². The molecular weight excluding hydrogens is 250 g/mol. The lowest BCUT2D eigenvalue weighted by Gasteiger charge is -2.37. The van der Waals surface area contributed by atoms with Crippen molar-refractivity contribution in [1.82, 2.24) is 4.90 Å². The average molecular weight is 273 g/mol. The lowest BCUT2D eigenvalue weighted by atomic mass is 10.1. The van der Waals surface area contributed by atoms with Crippen molar-refractivity contribution in [2.45, 2.75) is 25.7 Å². The van der Waals surface area contributed by atoms with Crippen molar-refractivity contribution in [3.8, 4) is 0 Å². The topological polar surface area (TPSA) is 49.6 Å². The molecule has 1 saturated heterocycles. The minimum absolute atomic E-state index is 0.300. The van der Waals surface area contributed by atoms with Gasteiger partial charge in [-0.3, -0.25) is 4.79 Å². The molecule has 1 aliphatic heterocycles. The van der Waals surface area contributed by atoms with E-state index >= 15 is 0 Å². The first-order valence-corrected chi connectivity index (χ1v) is 7.63. The Bertz CT molecular complexity index is 474. The van der Waals surface area contributed by atoms with Crippen LogP contribution in [0.3, 0.4) is 0 Å². The highest BCUT2D eigenvalue weighted by Gasteiger charge is 2.29. The van der Waals surface area contributed by atoms with Gasteiger partial charge in [-0.25, -0.2) is 0 Å². The molecule has 2 N–H and O–H groups in total. The lowest BCUT2D eigenvalue weighted by molar-refractivity contribution is -0.135. The van der Waals surface area contributed by atoms with Crippen LogP contribution in [0.5, 0.6) is 0 Å². The molecule has 2 aliphatic rings. The van der Waals surface area contributed by atoms with E-state index < -0.39 is 0 Å². The second-order valence-electron chi connectivity index (χ2n) is 5.89. The Kier molecular flexibility index (Phi) is 3.81. The quantitative estimate of drug-likeness (QED) is 0.840. The Morgan fingerprint density at radius 1 is 1.10 bits per heavy atom. The molecule has 4 heteroatoms. The number of amides is 1. The van der Waals surface area contributed by atoms with E-state index in [0.717, 1.165) is 50.4 Å². The normalized spacial score (nSPS) is 20.4. The zero-order valence-electron chi connectivity index (χ0n) is 11.9. The lowest BCUT2D eigenvalue weighted by Crippen LogP contribution is -2.50. The number of nitrogen functional groups attached to an aromatic ring is 1. The van der Waals surface area contributed by atoms with Crippen molar-refractivity contribution >= 4 is 17.3 Å². The van der Waals surface area contributed by atoms with Gasteiger partial charge in [0.2, 0.25) is 5.91 Å². The number of carbonyl (C=O) groups is 1. The number of benzene rings is 1. The number of carbonyl (C=O) groups excluding carboxylic acids is 1. The Hall–Kier alpha value is -1.71. The van der Waals surface area contributed by atoms with Crippen LogP contribution in [-0.2, 0) is 4.79 Å². The van der Waals surface area contributed by atoms with E-state index in [0.29, 0.717) is 11.8 Å². The maximum atomic E-state index is 12.4. The molecule has 3 rings (SSSR count). The second-order valence-corrected chi connectivity index (χ2v) is 5.89. The van der Waals surface area contributed by atoms with Crippen LogP contribution in [-0.4, -0.2) is 37.0 Å². The Balaban J connectivity index is 1.58. The van der Waals surface area contributed by atoms with Crippen molar-refractivity contribution in [3.63, 3.8) is 0 Å². The van der Waals surface area contributed by atoms with Gasteiger partial charge in [0.1, 0.15) is 0 Å². The average Bonchev–Trinajstić information content (AvgIpc) is 3.01. The van der Waals surface area contributed by atoms with Crippen LogP contribution in [0.4, 0.5) is 11.4 Å². The standard InChI is InChI=1S/C16H23N3O/c17-14-6-3-7-15(12-14)18-8-10-19(11-9-18)16(20)13-4-1-2-5-13/h3,6-7,12-13H,1-2,4-5,8-11,17H2. The monoisotopic (exact) mass is 273 g/mol. The third-order valence-electron chi connectivity index (χ3n) is 4.53. The molecule has 0 spiro atoms. The zero-order chi connectivity index (χ0) is 13.9. The summed E-state index contributed by atoms with van der Waals surface area (Å²) in [7, 11) is 0. The van der Waals surface area contributed by atoms with E-state index in [2.05, 4.69) is 15.9 Å². The van der Waals surface area contributed by atoms with Crippen LogP contribution in [0.1, 0.15) is 25.7 Å². The highest BCUT2D eigenvalue weighted by atomic mass is 16.2. The molecule has 1 aliphatic carbocycles. The number of piperazine rings is 1. The number of hydrogen-bond acceptors (Lipinski definition) is 3. The van der Waals surface area contributed by atoms with E-state index in [9.17, 15) is 4.79 Å². The van der Waals surface area contributed by atoms with Gasteiger partial charge < -0.3 is 15.5 Å². The predicted molar refractivity (Wildman–Crippen MR) is 81.6 cm³/mol. The van der Waals surface area contributed by atoms with E-state index in [1.54, 1.807) is 0 Å². The van der Waals surface area contributed by atoms with Crippen molar-refractivity contribution < 1.29 is 4.79 Å². The van der Waals surface area contributed by atoms with Crippen molar-refractivity contribution in [2.75, 3.05) is 36.8 Å². The molecule has 0 aromatic heterocycles. The highest BCUT2D eigenvalue weighted by molar-refractivity contribution is 5.79. The van der Waals surface area contributed by atoms with Crippen LogP contribution >= 0.6 is 0 Å². The van der Waals surface area contributed by atoms with Gasteiger partial charge in [0, 0.05) is 43.5 Å². The third-order valence-corrected chi connectivity index (χ3v) is 4.53. The maximum Gasteiger partial charge on any atom is 0.225 e. The summed E-state index contributed by atoms with van der Waals surface area (Å²) < 4.78 is 0. The molecule has 1 aromatic carbocycles. The van der Waals surface area contributed by atoms with E-state index in [4.69, 9.17) is 5.73 Å². The smallest absolute Gasteiger partial charge is 0.225 e. The molecular formula is C16H23N3O. The summed E-state index contributed by atoms with van der Waals surface area (Å²) in [6.07, 6.45) is 4.63. The van der Waals surface area contributed by atoms with E-state index in [-0.39, 0.29) is 0 Å². The van der Waals surface area contributed by atoms with Gasteiger partial charge in [-0.2, -0.15) is 0 Å². The largest absolute Gasteiger partial charge is 0.399 e. The van der Waals surface area contributed by atoms with Gasteiger partial charge >= 0.3 is 0 Å². The zero-order valence-corrected chi connectivity index (χ0v) is 11.9. The summed E-state index contributed by atoms with van der Waals surface area (Å²) in [6, 6.07) is 7.99. The van der Waals surface area contributed by atoms with Crippen LogP contribution in [0, 0.1) is 5.92 Å². The molecule has 0 atom stereocenters. The number of nitrogens with zero attached hydrogens (tertiary/aromatic N) is 2. The van der Waals surface area contributed by atoms with Crippen LogP contribution in [0.15, 0.2) is 24.3 Å². The van der Waals surface area contributed by atoms with Gasteiger partial charge in [0.25, 0.3) is 0 Å². The summed E-state index contributed by atoms with van der Waals surface area (Å²) in [4.78, 5) is 16.8. The van der Waals surface area contributed by atoms with Crippen LogP contribution in [0.25, 0.3) is 0 Å². The van der Waals surface area contributed by atoms with E-state index in [1.165, 1.54) is 12.8 Å². The van der Waals surface area contributed by atoms with Crippen molar-refractivity contribution in [3.05, 3.63) is 24.3 Å². The summed E-state index contributed by atoms with van der Waals surface area (Å²) in [5.41, 5.74) is 7.80. The third kappa shape index (κ3) is 2.74. The molecule has 108 valence electrons. The fourth-order valence-electron chi connectivity index (χ4n) is 3.34. The van der Waals surface area contributed by atoms with Gasteiger partial charge in [0.15, 0.2) is 0 Å². The number of nitrogens with two attached hydrogens (primary N) is 1. The molecule has 20 heavy (non-hydrogen) atoms. The molecule has 0 bridgehead atoms. The Labute approximate surface area is 120 Å². The summed E-state index contributed by atoms with van der Waals surface area (Å²) in [5, 5.41) is 0. The van der Waals surface area contributed by atoms with Gasteiger partial charge in [-0.1, -0.05) is 18.9 Å². The molecule has 4 nitrogen and oxygen atoms in total. The minimum Gasteiger partial charge on any atom is -0.399 e. The maximum absolute atomic E-state index is 12.4. The van der Waals surface area contributed by atoms with Crippen molar-refractivity contribution in [1.29, 1.82) is 0 Å². The molecule has 0 unspecified atom stereocenters. The summed E-state index contributed by atoms with van der Waals surface area (Å²) >= 11 is 0. The Morgan fingerprint density at radius 3 is 2.45 bits per heavy atom. The highest BCUT2D eigenvalue weighted by Crippen LogP contribution is 2.27. The number of anilines is 2. The number of rotatable bonds is 2. The van der Waals surface area contributed by atoms with Gasteiger partial charge in [-0.15, -0.1) is 0 Å². The molecule has 0 radical (unpaired) electrons.